The topological polar surface area (TPSA) is 105 Å². The second-order valence-corrected chi connectivity index (χ2v) is 9.69. The monoisotopic (exact) mass is 438 g/mol. The van der Waals surface area contributed by atoms with Gasteiger partial charge < -0.3 is 14.6 Å². The van der Waals surface area contributed by atoms with Crippen LogP contribution in [0.4, 0.5) is 5.69 Å². The molecule has 3 heterocycles. The highest BCUT2D eigenvalue weighted by atomic mass is 32.2. The molecule has 1 amide bonds. The zero-order valence-corrected chi connectivity index (χ0v) is 18.0. The third-order valence-electron chi connectivity index (χ3n) is 5.61. The van der Waals surface area contributed by atoms with Gasteiger partial charge in [-0.2, -0.15) is 8.42 Å². The third kappa shape index (κ3) is 3.38. The summed E-state index contributed by atoms with van der Waals surface area (Å²) in [4.78, 5) is 19.6. The number of anilines is 1. The van der Waals surface area contributed by atoms with Crippen LogP contribution in [0.25, 0.3) is 11.1 Å². The van der Waals surface area contributed by atoms with Crippen LogP contribution < -0.4 is 5.32 Å². The molecule has 1 saturated heterocycles. The maximum absolute atomic E-state index is 13.1. The van der Waals surface area contributed by atoms with Crippen molar-refractivity contribution in [1.82, 2.24) is 9.88 Å². The summed E-state index contributed by atoms with van der Waals surface area (Å²) in [6, 6.07) is 11.6. The Morgan fingerprint density at radius 3 is 2.84 bits per heavy atom. The zero-order valence-electron chi connectivity index (χ0n) is 17.2. The van der Waals surface area contributed by atoms with E-state index in [0.29, 0.717) is 47.0 Å². The maximum atomic E-state index is 13.1. The Morgan fingerprint density at radius 2 is 2.03 bits per heavy atom. The van der Waals surface area contributed by atoms with Crippen LogP contribution in [0.2, 0.25) is 0 Å². The van der Waals surface area contributed by atoms with E-state index in [9.17, 15) is 13.2 Å². The molecule has 31 heavy (non-hydrogen) atoms. The largest absolute Gasteiger partial charge is 0.440 e. The molecule has 0 unspecified atom stereocenters. The number of carbonyl (C=O) groups excluding carboxylic acids is 1. The zero-order chi connectivity index (χ0) is 21.8. The fourth-order valence-corrected chi connectivity index (χ4v) is 5.30. The first-order valence-corrected chi connectivity index (χ1v) is 11.7. The summed E-state index contributed by atoms with van der Waals surface area (Å²) in [6.07, 6.45) is 1.40. The van der Waals surface area contributed by atoms with Crippen molar-refractivity contribution in [1.29, 1.82) is 0 Å². The minimum Gasteiger partial charge on any atom is -0.440 e. The van der Waals surface area contributed by atoms with Gasteiger partial charge in [0.2, 0.25) is 5.91 Å². The van der Waals surface area contributed by atoms with Crippen LogP contribution in [0, 0.1) is 0 Å². The predicted molar refractivity (Wildman–Crippen MR) is 117 cm³/mol. The molecule has 9 heteroatoms. The molecule has 1 fully saturated rings. The number of fused-ring (bicyclic) bond motifs is 2. The van der Waals surface area contributed by atoms with Crippen molar-refractivity contribution in [3.8, 4) is 0 Å². The van der Waals surface area contributed by atoms with Gasteiger partial charge in [0.25, 0.3) is 10.0 Å². The highest BCUT2D eigenvalue weighted by Gasteiger charge is 2.39. The lowest BCUT2D eigenvalue weighted by molar-refractivity contribution is -0.119. The van der Waals surface area contributed by atoms with Crippen molar-refractivity contribution in [2.24, 2.45) is 4.40 Å². The van der Waals surface area contributed by atoms with Crippen LogP contribution >= 0.6 is 0 Å². The Balaban J connectivity index is 1.40. The number of amidine groups is 1. The molecule has 0 bridgehead atoms. The Morgan fingerprint density at radius 1 is 1.23 bits per heavy atom. The van der Waals surface area contributed by atoms with Gasteiger partial charge in [-0.3, -0.25) is 4.79 Å². The molecule has 3 aromatic rings. The van der Waals surface area contributed by atoms with Gasteiger partial charge in [-0.15, -0.1) is 4.40 Å². The average molecular weight is 439 g/mol. The molecule has 2 aromatic carbocycles. The maximum Gasteiger partial charge on any atom is 0.285 e. The quantitative estimate of drug-likeness (QED) is 0.671. The van der Waals surface area contributed by atoms with Crippen LogP contribution in [-0.4, -0.2) is 42.6 Å². The van der Waals surface area contributed by atoms with E-state index in [1.165, 1.54) is 0 Å². The lowest BCUT2D eigenvalue weighted by atomic mass is 10.1. The molecule has 2 aliphatic rings. The van der Waals surface area contributed by atoms with E-state index in [0.717, 1.165) is 6.42 Å². The van der Waals surface area contributed by atoms with Gasteiger partial charge in [-0.1, -0.05) is 26.0 Å². The molecular weight excluding hydrogens is 416 g/mol. The molecule has 0 radical (unpaired) electrons. The van der Waals surface area contributed by atoms with E-state index in [1.807, 2.05) is 13.8 Å². The molecular formula is C22H22N4O4S. The van der Waals surface area contributed by atoms with E-state index in [4.69, 9.17) is 4.42 Å². The lowest BCUT2D eigenvalue weighted by Crippen LogP contribution is -2.43. The number of hydrogen-bond donors (Lipinski definition) is 1. The number of amides is 1. The van der Waals surface area contributed by atoms with E-state index in [2.05, 4.69) is 14.7 Å². The Kier molecular flexibility index (Phi) is 4.58. The number of carbonyl (C=O) groups is 1. The molecule has 0 spiro atoms. The molecule has 0 saturated carbocycles. The second-order valence-electron chi connectivity index (χ2n) is 8.12. The van der Waals surface area contributed by atoms with E-state index in [1.54, 1.807) is 47.4 Å². The van der Waals surface area contributed by atoms with Crippen molar-refractivity contribution >= 4 is 38.6 Å². The smallest absolute Gasteiger partial charge is 0.285 e. The summed E-state index contributed by atoms with van der Waals surface area (Å²) >= 11 is 0. The van der Waals surface area contributed by atoms with E-state index < -0.39 is 16.1 Å². The Hall–Kier alpha value is -3.20. The number of aromatic nitrogens is 1. The third-order valence-corrected chi connectivity index (χ3v) is 6.93. The van der Waals surface area contributed by atoms with Crippen LogP contribution in [-0.2, 0) is 14.8 Å². The first kappa shape index (κ1) is 19.7. The van der Waals surface area contributed by atoms with Gasteiger partial charge in [0.1, 0.15) is 16.5 Å². The summed E-state index contributed by atoms with van der Waals surface area (Å²) in [7, 11) is -3.73. The van der Waals surface area contributed by atoms with Gasteiger partial charge in [-0.25, -0.2) is 4.98 Å². The first-order valence-electron chi connectivity index (χ1n) is 10.3. The highest BCUT2D eigenvalue weighted by Crippen LogP contribution is 2.31. The van der Waals surface area contributed by atoms with Crippen molar-refractivity contribution in [3.63, 3.8) is 0 Å². The van der Waals surface area contributed by atoms with Gasteiger partial charge in [0.15, 0.2) is 17.3 Å². The lowest BCUT2D eigenvalue weighted by Gasteiger charge is -2.25. The summed E-state index contributed by atoms with van der Waals surface area (Å²) < 4.78 is 34.6. The van der Waals surface area contributed by atoms with E-state index >= 15 is 0 Å². The fourth-order valence-electron chi connectivity index (χ4n) is 4.08. The number of benzene rings is 2. The molecule has 2 aliphatic heterocycles. The number of rotatable bonds is 3. The van der Waals surface area contributed by atoms with Crippen LogP contribution in [0.5, 0.6) is 0 Å². The van der Waals surface area contributed by atoms with Crippen LogP contribution in [0.3, 0.4) is 0 Å². The van der Waals surface area contributed by atoms with Crippen LogP contribution in [0.1, 0.15) is 44.1 Å². The summed E-state index contributed by atoms with van der Waals surface area (Å²) in [5, 5.41) is 2.95. The average Bonchev–Trinajstić information content (AvgIpc) is 3.44. The molecule has 160 valence electrons. The summed E-state index contributed by atoms with van der Waals surface area (Å²) in [6.45, 7) is 4.58. The van der Waals surface area contributed by atoms with Crippen molar-refractivity contribution < 1.29 is 17.6 Å². The summed E-state index contributed by atoms with van der Waals surface area (Å²) in [5.74, 6) is 0.971. The Labute approximate surface area is 180 Å². The normalized spacial score (nSPS) is 19.6. The van der Waals surface area contributed by atoms with Gasteiger partial charge in [0, 0.05) is 23.7 Å². The minimum atomic E-state index is -3.73. The number of nitrogens with one attached hydrogen (secondary N) is 1. The standard InChI is InChI=1S/C22H22N4O4S/c1-13(2)22-24-16-12-14(9-10-18(16)30-22)23-21(27)17-7-5-11-26(17)20-15-6-3-4-8-19(15)31(28,29)25-20/h3-4,6,8-10,12-13,17H,5,7,11H2,1-2H3,(H,23,27)/t17-/m0/s1. The summed E-state index contributed by atoms with van der Waals surface area (Å²) in [5.41, 5.74) is 2.53. The number of nitrogens with zero attached hydrogens (tertiary/aromatic N) is 3. The fraction of sp³-hybridized carbons (Fsp3) is 0.318. The van der Waals surface area contributed by atoms with Gasteiger partial charge in [0.05, 0.1) is 0 Å². The minimum absolute atomic E-state index is 0.170. The first-order chi connectivity index (χ1) is 14.8. The molecule has 1 aromatic heterocycles. The number of sulfonamides is 1. The molecule has 1 N–H and O–H groups in total. The molecule has 5 rings (SSSR count). The number of likely N-dealkylation sites (tertiary alicyclic amines) is 1. The van der Waals surface area contributed by atoms with Crippen molar-refractivity contribution in [3.05, 3.63) is 53.9 Å². The Bertz CT molecular complexity index is 1330. The number of hydrogen-bond acceptors (Lipinski definition) is 6. The molecule has 8 nitrogen and oxygen atoms in total. The SMILES string of the molecule is CC(C)c1nc2cc(NC(=O)[C@@H]3CCCN3C3=NS(=O)(=O)c4ccccc43)ccc2o1. The van der Waals surface area contributed by atoms with Gasteiger partial charge in [-0.05, 0) is 43.2 Å². The van der Waals surface area contributed by atoms with E-state index in [-0.39, 0.29) is 16.7 Å². The van der Waals surface area contributed by atoms with Crippen molar-refractivity contribution in [2.45, 2.75) is 43.5 Å². The molecule has 1 atom stereocenters. The molecule has 0 aliphatic carbocycles. The predicted octanol–water partition coefficient (Wildman–Crippen LogP) is 3.50. The van der Waals surface area contributed by atoms with Gasteiger partial charge >= 0.3 is 0 Å². The number of oxazole rings is 1. The second kappa shape index (κ2) is 7.19. The van der Waals surface area contributed by atoms with Crippen molar-refractivity contribution in [2.75, 3.05) is 11.9 Å². The highest BCUT2D eigenvalue weighted by molar-refractivity contribution is 7.90. The van der Waals surface area contributed by atoms with Crippen LogP contribution in [0.15, 0.2) is 56.2 Å².